The Labute approximate surface area is 208 Å². The van der Waals surface area contributed by atoms with Crippen LogP contribution in [0.2, 0.25) is 0 Å². The smallest absolute Gasteiger partial charge is 0.267 e. The van der Waals surface area contributed by atoms with E-state index in [1.807, 2.05) is 43.3 Å². The maximum Gasteiger partial charge on any atom is 0.267 e. The van der Waals surface area contributed by atoms with Crippen molar-refractivity contribution in [1.29, 1.82) is 0 Å². The molecular formula is C26H41N7O2. The molecule has 0 aliphatic carbocycles. The quantitative estimate of drug-likeness (QED) is 0.390. The molecule has 3 heterocycles. The van der Waals surface area contributed by atoms with Crippen LogP contribution in [0.4, 0.5) is 5.82 Å². The maximum absolute atomic E-state index is 12.6. The number of hydrogen-bond acceptors (Lipinski definition) is 6. The number of nitrogens with one attached hydrogen (secondary N) is 3. The molecule has 1 aliphatic heterocycles. The number of H-pyrrole nitrogens is 1. The van der Waals surface area contributed by atoms with Crippen molar-refractivity contribution in [2.45, 2.75) is 59.0 Å². The molecule has 0 aromatic carbocycles. The number of pyridine rings is 1. The molecule has 5 N–H and O–H groups in total. The molecule has 0 unspecified atom stereocenters. The molecule has 3 rings (SSSR count). The third-order valence-electron chi connectivity index (χ3n) is 6.81. The number of anilines is 1. The van der Waals surface area contributed by atoms with Crippen molar-refractivity contribution >= 4 is 17.6 Å². The van der Waals surface area contributed by atoms with Crippen LogP contribution in [0.5, 0.6) is 0 Å². The summed E-state index contributed by atoms with van der Waals surface area (Å²) >= 11 is 0. The van der Waals surface area contributed by atoms with Crippen LogP contribution in [0.1, 0.15) is 56.1 Å². The molecule has 0 bridgehead atoms. The fourth-order valence-corrected chi connectivity index (χ4v) is 4.39. The standard InChI is InChI=1S/C26H41N7O2/c1-5-32(6-2)10-9-25(34)33-11-7-21(8-12-33)31-24-14-22(18(3)16-29-24)20-13-23(28-17-20)26(35)30-19(4)15-27/h13-14,16-17,19,21,28H,5-12,15,27H2,1-4H3,(H,29,31)(H,30,35)/t19-/m0/s1. The van der Waals surface area contributed by atoms with Crippen molar-refractivity contribution in [3.8, 4) is 11.1 Å². The van der Waals surface area contributed by atoms with Crippen molar-refractivity contribution in [3.05, 3.63) is 35.8 Å². The first-order valence-corrected chi connectivity index (χ1v) is 12.8. The van der Waals surface area contributed by atoms with E-state index in [9.17, 15) is 9.59 Å². The highest BCUT2D eigenvalue weighted by atomic mass is 16.2. The van der Waals surface area contributed by atoms with Crippen LogP contribution >= 0.6 is 0 Å². The zero-order valence-electron chi connectivity index (χ0n) is 21.6. The van der Waals surface area contributed by atoms with Crippen LogP contribution < -0.4 is 16.4 Å². The van der Waals surface area contributed by atoms with E-state index in [4.69, 9.17) is 5.73 Å². The lowest BCUT2D eigenvalue weighted by molar-refractivity contribution is -0.132. The number of aryl methyl sites for hydroxylation is 1. The minimum atomic E-state index is -0.169. The van der Waals surface area contributed by atoms with E-state index >= 15 is 0 Å². The summed E-state index contributed by atoms with van der Waals surface area (Å²) < 4.78 is 0. The third kappa shape index (κ3) is 7.29. The van der Waals surface area contributed by atoms with E-state index in [-0.39, 0.29) is 23.9 Å². The van der Waals surface area contributed by atoms with Crippen molar-refractivity contribution in [1.82, 2.24) is 25.1 Å². The number of nitrogens with two attached hydrogens (primary N) is 1. The number of carbonyl (C=O) groups excluding carboxylic acids is 2. The lowest BCUT2D eigenvalue weighted by atomic mass is 10.0. The molecule has 35 heavy (non-hydrogen) atoms. The number of aromatic amines is 1. The first-order chi connectivity index (χ1) is 16.8. The topological polar surface area (TPSA) is 119 Å². The molecule has 0 spiro atoms. The van der Waals surface area contributed by atoms with Crippen LogP contribution in [0.15, 0.2) is 24.5 Å². The molecule has 192 valence electrons. The number of rotatable bonds is 11. The number of amides is 2. The summed E-state index contributed by atoms with van der Waals surface area (Å²) in [5.74, 6) is 0.887. The number of piperidine rings is 1. The number of hydrogen-bond donors (Lipinski definition) is 4. The first-order valence-electron chi connectivity index (χ1n) is 12.8. The van der Waals surface area contributed by atoms with E-state index in [0.717, 1.165) is 68.1 Å². The van der Waals surface area contributed by atoms with E-state index in [1.165, 1.54) is 0 Å². The van der Waals surface area contributed by atoms with Gasteiger partial charge in [0.05, 0.1) is 0 Å². The van der Waals surface area contributed by atoms with Gasteiger partial charge in [0.15, 0.2) is 0 Å². The van der Waals surface area contributed by atoms with E-state index in [1.54, 1.807) is 0 Å². The summed E-state index contributed by atoms with van der Waals surface area (Å²) in [4.78, 5) is 36.9. The van der Waals surface area contributed by atoms with Gasteiger partial charge in [-0.3, -0.25) is 9.59 Å². The zero-order valence-corrected chi connectivity index (χ0v) is 21.6. The van der Waals surface area contributed by atoms with Gasteiger partial charge in [-0.1, -0.05) is 13.8 Å². The van der Waals surface area contributed by atoms with Crippen LogP contribution in [-0.4, -0.2) is 82.9 Å². The average molecular weight is 484 g/mol. The van der Waals surface area contributed by atoms with Crippen molar-refractivity contribution in [2.75, 3.05) is 44.6 Å². The summed E-state index contributed by atoms with van der Waals surface area (Å²) in [5.41, 5.74) is 9.10. The number of nitrogens with zero attached hydrogens (tertiary/aromatic N) is 3. The van der Waals surface area contributed by atoms with Crippen molar-refractivity contribution < 1.29 is 9.59 Å². The molecule has 2 aromatic rings. The molecule has 2 amide bonds. The SMILES string of the molecule is CCN(CC)CCC(=O)N1CCC(Nc2cc(-c3c[nH]c(C(=O)N[C@@H](C)CN)c3)c(C)cn2)CC1. The van der Waals surface area contributed by atoms with Gasteiger partial charge in [-0.2, -0.15) is 0 Å². The maximum atomic E-state index is 12.6. The molecule has 9 heteroatoms. The highest BCUT2D eigenvalue weighted by Crippen LogP contribution is 2.27. The second kappa shape index (κ2) is 12.7. The number of likely N-dealkylation sites (tertiary alicyclic amines) is 1. The van der Waals surface area contributed by atoms with E-state index in [0.29, 0.717) is 18.7 Å². The molecule has 1 aliphatic rings. The summed E-state index contributed by atoms with van der Waals surface area (Å²) in [5, 5.41) is 6.42. The fraction of sp³-hybridized carbons (Fsp3) is 0.577. The van der Waals surface area contributed by atoms with Gasteiger partial charge in [-0.05, 0) is 63.0 Å². The lowest BCUT2D eigenvalue weighted by Gasteiger charge is -2.33. The second-order valence-corrected chi connectivity index (χ2v) is 9.37. The summed E-state index contributed by atoms with van der Waals surface area (Å²) in [6.45, 7) is 12.9. The molecule has 9 nitrogen and oxygen atoms in total. The predicted octanol–water partition coefficient (Wildman–Crippen LogP) is 2.60. The normalized spacial score (nSPS) is 15.3. The molecule has 1 saturated heterocycles. The molecule has 1 fully saturated rings. The zero-order chi connectivity index (χ0) is 25.4. The Bertz CT molecular complexity index is 978. The molecule has 0 saturated carbocycles. The van der Waals surface area contributed by atoms with Crippen molar-refractivity contribution in [2.24, 2.45) is 5.73 Å². The molecule has 2 aromatic heterocycles. The Kier molecular flexibility index (Phi) is 9.68. The minimum Gasteiger partial charge on any atom is -0.367 e. The largest absolute Gasteiger partial charge is 0.367 e. The van der Waals surface area contributed by atoms with Crippen LogP contribution in [-0.2, 0) is 4.79 Å². The third-order valence-corrected chi connectivity index (χ3v) is 6.81. The van der Waals surface area contributed by atoms with Gasteiger partial charge in [-0.15, -0.1) is 0 Å². The highest BCUT2D eigenvalue weighted by molar-refractivity contribution is 5.94. The van der Waals surface area contributed by atoms with Gasteiger partial charge in [0.2, 0.25) is 5.91 Å². The van der Waals surface area contributed by atoms with Gasteiger partial charge in [-0.25, -0.2) is 4.98 Å². The second-order valence-electron chi connectivity index (χ2n) is 9.37. The Hall–Kier alpha value is -2.91. The van der Waals surface area contributed by atoms with Gasteiger partial charge in [0, 0.05) is 62.6 Å². The lowest BCUT2D eigenvalue weighted by Crippen LogP contribution is -2.43. The first kappa shape index (κ1) is 26.7. The van der Waals surface area contributed by atoms with Gasteiger partial charge < -0.3 is 31.2 Å². The Balaban J connectivity index is 1.57. The molecular weight excluding hydrogens is 442 g/mol. The Morgan fingerprint density at radius 3 is 2.63 bits per heavy atom. The van der Waals surface area contributed by atoms with Crippen LogP contribution in [0, 0.1) is 6.92 Å². The number of carbonyl (C=O) groups is 2. The highest BCUT2D eigenvalue weighted by Gasteiger charge is 2.23. The van der Waals surface area contributed by atoms with Gasteiger partial charge in [0.1, 0.15) is 11.5 Å². The van der Waals surface area contributed by atoms with Crippen molar-refractivity contribution in [3.63, 3.8) is 0 Å². The summed E-state index contributed by atoms with van der Waals surface area (Å²) in [7, 11) is 0. The average Bonchev–Trinajstić information content (AvgIpc) is 3.36. The molecule has 0 radical (unpaired) electrons. The van der Waals surface area contributed by atoms with E-state index < -0.39 is 0 Å². The fourth-order valence-electron chi connectivity index (χ4n) is 4.39. The van der Waals surface area contributed by atoms with Crippen LogP contribution in [0.25, 0.3) is 11.1 Å². The van der Waals surface area contributed by atoms with E-state index in [2.05, 4.69) is 39.3 Å². The Morgan fingerprint density at radius 1 is 1.26 bits per heavy atom. The summed E-state index contributed by atoms with van der Waals surface area (Å²) in [6, 6.07) is 4.07. The Morgan fingerprint density at radius 2 is 1.97 bits per heavy atom. The molecule has 1 atom stereocenters. The van der Waals surface area contributed by atoms with Gasteiger partial charge in [0.25, 0.3) is 5.91 Å². The number of aromatic nitrogens is 2. The predicted molar refractivity (Wildman–Crippen MR) is 140 cm³/mol. The van der Waals surface area contributed by atoms with Crippen LogP contribution in [0.3, 0.4) is 0 Å². The minimum absolute atomic E-state index is 0.0863. The summed E-state index contributed by atoms with van der Waals surface area (Å²) in [6.07, 6.45) is 6.08. The monoisotopic (exact) mass is 483 g/mol. The van der Waals surface area contributed by atoms with Gasteiger partial charge >= 0.3 is 0 Å².